The van der Waals surface area contributed by atoms with Crippen molar-refractivity contribution in [3.8, 4) is 10.6 Å². The average molecular weight is 480 g/mol. The normalized spacial score (nSPS) is 11.2. The van der Waals surface area contributed by atoms with Crippen molar-refractivity contribution in [2.45, 2.75) is 0 Å². The number of nitrogens with zero attached hydrogens (tertiary/aromatic N) is 1. The number of nitrogens with one attached hydrogen (secondary N) is 1. The zero-order valence-corrected chi connectivity index (χ0v) is 20.5. The van der Waals surface area contributed by atoms with Gasteiger partial charge in [-0.25, -0.2) is 4.98 Å². The van der Waals surface area contributed by atoms with Crippen LogP contribution in [0.3, 0.4) is 0 Å². The van der Waals surface area contributed by atoms with Crippen molar-refractivity contribution in [2.75, 3.05) is 7.05 Å². The SMILES string of the molecule is CNC(=O)c1nc(-c2ccccc2)sc1[P](c1ccccc1)(c1ccccc1)c1ccccc1. The highest BCUT2D eigenvalue weighted by atomic mass is 32.1. The lowest BCUT2D eigenvalue weighted by atomic mass is 10.2. The predicted octanol–water partition coefficient (Wildman–Crippen LogP) is 4.79. The Morgan fingerprint density at radius 3 is 1.50 bits per heavy atom. The molecule has 5 heteroatoms. The molecule has 0 saturated carbocycles. The second kappa shape index (κ2) is 9.72. The molecule has 4 aromatic carbocycles. The summed E-state index contributed by atoms with van der Waals surface area (Å²) in [5.74, 6) is -0.166. The van der Waals surface area contributed by atoms with Crippen molar-refractivity contribution < 1.29 is 4.79 Å². The number of carbonyl (C=O) groups excluding carboxylic acids is 1. The fourth-order valence-electron chi connectivity index (χ4n) is 4.26. The maximum Gasteiger partial charge on any atom is 0.271 e. The zero-order valence-electron chi connectivity index (χ0n) is 18.8. The van der Waals surface area contributed by atoms with E-state index >= 15 is 0 Å². The quantitative estimate of drug-likeness (QED) is 0.356. The molecule has 34 heavy (non-hydrogen) atoms. The van der Waals surface area contributed by atoms with Crippen LogP contribution < -0.4 is 25.8 Å². The minimum atomic E-state index is -2.41. The first-order valence-electron chi connectivity index (χ1n) is 11.1. The Kier molecular flexibility index (Phi) is 6.35. The third kappa shape index (κ3) is 3.86. The number of benzene rings is 4. The second-order valence-corrected chi connectivity index (χ2v) is 12.4. The van der Waals surface area contributed by atoms with E-state index in [0.29, 0.717) is 5.69 Å². The Bertz CT molecular complexity index is 1290. The first-order valence-corrected chi connectivity index (χ1v) is 13.7. The summed E-state index contributed by atoms with van der Waals surface area (Å²) in [6.07, 6.45) is 0. The highest BCUT2D eigenvalue weighted by Crippen LogP contribution is 2.56. The molecule has 0 aliphatic carbocycles. The van der Waals surface area contributed by atoms with Gasteiger partial charge in [0, 0.05) is 12.6 Å². The molecule has 0 atom stereocenters. The van der Waals surface area contributed by atoms with Gasteiger partial charge in [-0.15, -0.1) is 11.3 Å². The molecule has 0 unspecified atom stereocenters. The van der Waals surface area contributed by atoms with E-state index in [2.05, 4.69) is 78.1 Å². The molecule has 0 aliphatic rings. The number of rotatable bonds is 6. The summed E-state index contributed by atoms with van der Waals surface area (Å²) >= 11 is 1.63. The Hall–Kier alpha value is -3.59. The molecular weight excluding hydrogens is 455 g/mol. The Balaban J connectivity index is 1.92. The standard InChI is InChI=1S/C29H24N2OPS/c1-30-27(32)26-29(34-28(31-26)22-14-6-2-7-15-22)33(23-16-8-3-9-17-23,24-18-10-4-11-19-24)25-20-12-5-13-21-25/h2-21H,1H3,(H,30,32). The number of thiazole rings is 1. The summed E-state index contributed by atoms with van der Waals surface area (Å²) < 4.78 is 1.01. The molecule has 5 rings (SSSR count). The van der Waals surface area contributed by atoms with Crippen molar-refractivity contribution in [3.05, 3.63) is 127 Å². The number of carbonyl (C=O) groups is 1. The van der Waals surface area contributed by atoms with Gasteiger partial charge in [0.1, 0.15) is 10.7 Å². The van der Waals surface area contributed by atoms with Crippen LogP contribution in [0.15, 0.2) is 121 Å². The molecule has 1 aromatic heterocycles. The Morgan fingerprint density at radius 2 is 1.09 bits per heavy atom. The third-order valence-electron chi connectivity index (χ3n) is 5.81. The van der Waals surface area contributed by atoms with Crippen LogP contribution in [-0.4, -0.2) is 17.9 Å². The van der Waals surface area contributed by atoms with E-state index in [1.54, 1.807) is 18.4 Å². The van der Waals surface area contributed by atoms with Gasteiger partial charge in [0.2, 0.25) is 0 Å². The zero-order chi connectivity index (χ0) is 23.4. The Morgan fingerprint density at radius 1 is 0.676 bits per heavy atom. The molecule has 5 aromatic rings. The van der Waals surface area contributed by atoms with Crippen molar-refractivity contribution >= 4 is 45.0 Å². The van der Waals surface area contributed by atoms with Crippen LogP contribution in [-0.2, 0) is 0 Å². The number of amides is 1. The average Bonchev–Trinajstić information content (AvgIpc) is 3.37. The molecule has 3 nitrogen and oxygen atoms in total. The summed E-state index contributed by atoms with van der Waals surface area (Å²) in [5, 5.41) is 7.27. The minimum absolute atomic E-state index is 0.166. The summed E-state index contributed by atoms with van der Waals surface area (Å²) in [5.41, 5.74) is 1.51. The van der Waals surface area contributed by atoms with Gasteiger partial charge in [0.25, 0.3) is 5.91 Å². The molecule has 0 saturated heterocycles. The van der Waals surface area contributed by atoms with Crippen LogP contribution in [0.4, 0.5) is 0 Å². The van der Waals surface area contributed by atoms with Crippen LogP contribution >= 0.6 is 18.6 Å². The van der Waals surface area contributed by atoms with E-state index in [4.69, 9.17) is 4.98 Å². The van der Waals surface area contributed by atoms with E-state index < -0.39 is 7.26 Å². The van der Waals surface area contributed by atoms with Crippen molar-refractivity contribution in [1.29, 1.82) is 0 Å². The first kappa shape index (κ1) is 22.2. The molecule has 1 radical (unpaired) electrons. The fraction of sp³-hybridized carbons (Fsp3) is 0.0345. The van der Waals surface area contributed by atoms with Crippen LogP contribution in [0.25, 0.3) is 10.6 Å². The highest BCUT2D eigenvalue weighted by molar-refractivity contribution is 8.04. The molecule has 0 bridgehead atoms. The van der Waals surface area contributed by atoms with Crippen molar-refractivity contribution in [2.24, 2.45) is 0 Å². The second-order valence-electron chi connectivity index (χ2n) is 7.80. The van der Waals surface area contributed by atoms with Gasteiger partial charge in [-0.1, -0.05) is 121 Å². The minimum Gasteiger partial charge on any atom is -0.354 e. The maximum atomic E-state index is 13.3. The van der Waals surface area contributed by atoms with Gasteiger partial charge >= 0.3 is 0 Å². The van der Waals surface area contributed by atoms with Crippen molar-refractivity contribution in [3.63, 3.8) is 0 Å². The Labute approximate surface area is 204 Å². The van der Waals surface area contributed by atoms with E-state index in [1.165, 1.54) is 15.9 Å². The van der Waals surface area contributed by atoms with Gasteiger partial charge in [0.15, 0.2) is 0 Å². The molecule has 167 valence electrons. The lowest BCUT2D eigenvalue weighted by Crippen LogP contribution is -2.40. The molecule has 1 heterocycles. The molecule has 1 amide bonds. The third-order valence-corrected chi connectivity index (χ3v) is 11.8. The lowest BCUT2D eigenvalue weighted by molar-refractivity contribution is 0.0960. The van der Waals surface area contributed by atoms with E-state index in [0.717, 1.165) is 15.2 Å². The topological polar surface area (TPSA) is 42.0 Å². The van der Waals surface area contributed by atoms with Gasteiger partial charge < -0.3 is 5.32 Å². The number of aromatic nitrogens is 1. The van der Waals surface area contributed by atoms with E-state index in [-0.39, 0.29) is 5.91 Å². The smallest absolute Gasteiger partial charge is 0.271 e. The maximum absolute atomic E-state index is 13.3. The van der Waals surface area contributed by atoms with Crippen LogP contribution in [0.1, 0.15) is 10.5 Å². The number of hydrogen-bond donors (Lipinski definition) is 1. The van der Waals surface area contributed by atoms with Gasteiger partial charge in [-0.2, -0.15) is 0 Å². The molecule has 1 N–H and O–H groups in total. The predicted molar refractivity (Wildman–Crippen MR) is 146 cm³/mol. The van der Waals surface area contributed by atoms with Crippen LogP contribution in [0.5, 0.6) is 0 Å². The van der Waals surface area contributed by atoms with Crippen LogP contribution in [0, 0.1) is 0 Å². The van der Waals surface area contributed by atoms with E-state index in [9.17, 15) is 4.79 Å². The highest BCUT2D eigenvalue weighted by Gasteiger charge is 2.41. The van der Waals surface area contributed by atoms with Gasteiger partial charge in [0.05, 0.1) is 4.62 Å². The monoisotopic (exact) mass is 479 g/mol. The fourth-order valence-corrected chi connectivity index (χ4v) is 10.8. The molecule has 0 spiro atoms. The number of hydrogen-bond acceptors (Lipinski definition) is 3. The summed E-state index contributed by atoms with van der Waals surface area (Å²) in [7, 11) is -0.747. The first-order chi connectivity index (χ1) is 16.7. The molecule has 0 aliphatic heterocycles. The van der Waals surface area contributed by atoms with Gasteiger partial charge in [-0.05, 0) is 23.2 Å². The summed E-state index contributed by atoms with van der Waals surface area (Å²) in [4.78, 5) is 18.2. The molecule has 0 fully saturated rings. The summed E-state index contributed by atoms with van der Waals surface area (Å²) in [6, 6.07) is 41.8. The van der Waals surface area contributed by atoms with Gasteiger partial charge in [-0.3, -0.25) is 4.79 Å². The van der Waals surface area contributed by atoms with Crippen molar-refractivity contribution in [1.82, 2.24) is 10.3 Å². The van der Waals surface area contributed by atoms with E-state index in [1.807, 2.05) is 48.5 Å². The lowest BCUT2D eigenvalue weighted by Gasteiger charge is -2.37. The van der Waals surface area contributed by atoms with Crippen LogP contribution in [0.2, 0.25) is 0 Å². The summed E-state index contributed by atoms with van der Waals surface area (Å²) in [6.45, 7) is 0. The molecular formula is C29H24N2OPS. The largest absolute Gasteiger partial charge is 0.354 e.